The van der Waals surface area contributed by atoms with Crippen LogP contribution in [-0.4, -0.2) is 137 Å². The summed E-state index contributed by atoms with van der Waals surface area (Å²) in [6, 6.07) is 0. The summed E-state index contributed by atoms with van der Waals surface area (Å²) >= 11 is -0.396. The molecule has 0 aromatic heterocycles. The summed E-state index contributed by atoms with van der Waals surface area (Å²) in [5.41, 5.74) is 0. The van der Waals surface area contributed by atoms with Gasteiger partial charge in [0.25, 0.3) is 0 Å². The van der Waals surface area contributed by atoms with Crippen LogP contribution in [0.25, 0.3) is 0 Å². The number of hydrogen-bond donors (Lipinski definition) is 0. The minimum absolute atomic E-state index is 0. The van der Waals surface area contributed by atoms with E-state index in [1.807, 2.05) is 0 Å². The summed E-state index contributed by atoms with van der Waals surface area (Å²) in [7, 11) is 0. The van der Waals surface area contributed by atoms with Gasteiger partial charge in [0.05, 0.1) is 0 Å². The van der Waals surface area contributed by atoms with Crippen molar-refractivity contribution in [3.8, 4) is 0 Å². The second-order valence-electron chi connectivity index (χ2n) is 0.101. The van der Waals surface area contributed by atoms with Gasteiger partial charge in [-0.1, -0.05) is 0 Å². The van der Waals surface area contributed by atoms with E-state index in [0.717, 1.165) is 0 Å². The van der Waals surface area contributed by atoms with E-state index in [9.17, 15) is 0 Å². The van der Waals surface area contributed by atoms with Gasteiger partial charge >= 0.3 is 154 Å². The fourth-order valence-corrected chi connectivity index (χ4v) is 0. The molecule has 0 saturated heterocycles. The monoisotopic (exact) mass is 268 g/mol. The molecule has 0 bridgehead atoms. The topological polar surface area (TPSA) is 0 Å². The summed E-state index contributed by atoms with van der Waals surface area (Å²) in [6.07, 6.45) is 9.90. The van der Waals surface area contributed by atoms with Crippen molar-refractivity contribution in [2.45, 2.75) is 0 Å². The van der Waals surface area contributed by atoms with E-state index in [4.69, 9.17) is 16.5 Å². The fourth-order valence-electron chi connectivity index (χ4n) is 0. The Morgan fingerprint density at radius 2 is 1.00 bits per heavy atom. The maximum atomic E-state index is 4.95. The van der Waals surface area contributed by atoms with E-state index < -0.39 is 30.8 Å². The van der Waals surface area contributed by atoms with Crippen molar-refractivity contribution >= 4 is 166 Å². The zero-order chi connectivity index (χ0) is 4.71. The molecule has 8 heavy (non-hydrogen) atoms. The van der Waals surface area contributed by atoms with Crippen LogP contribution in [0.1, 0.15) is 0 Å². The molecule has 0 aromatic rings. The van der Waals surface area contributed by atoms with Crippen molar-refractivity contribution in [3.05, 3.63) is 0 Å². The molecule has 36 valence electrons. The summed E-state index contributed by atoms with van der Waals surface area (Å²) in [6.45, 7) is 0. The Morgan fingerprint density at radius 1 is 1.00 bits per heavy atom. The van der Waals surface area contributed by atoms with Crippen molar-refractivity contribution in [2.24, 2.45) is 0 Å². The van der Waals surface area contributed by atoms with Crippen molar-refractivity contribution in [3.63, 3.8) is 0 Å². The molecule has 0 aromatic carbocycles. The number of halogens is 4. The molecule has 0 fully saturated rings. The number of rotatable bonds is 0. The van der Waals surface area contributed by atoms with Gasteiger partial charge in [-0.05, 0) is 0 Å². The Balaban J connectivity index is -0.00000000567. The van der Waals surface area contributed by atoms with Gasteiger partial charge in [0.15, 0.2) is 0 Å². The SMILES string of the molecule is Cl.[Cl][Ca][Cl].[Cl][K].[NaH].[NaH]. The van der Waals surface area contributed by atoms with Gasteiger partial charge in [-0.2, -0.15) is 0 Å². The molecule has 0 radical (unpaired) electrons. The van der Waals surface area contributed by atoms with Crippen LogP contribution in [0.15, 0.2) is 0 Å². The van der Waals surface area contributed by atoms with Crippen LogP contribution in [0, 0.1) is 0 Å². The predicted octanol–water partition coefficient (Wildman–Crippen LogP) is 0.432. The molecular formula is H3CaCl4KNa2. The van der Waals surface area contributed by atoms with Crippen molar-refractivity contribution in [1.29, 1.82) is 0 Å². The summed E-state index contributed by atoms with van der Waals surface area (Å²) in [4.78, 5) is 0. The molecule has 0 N–H and O–H groups in total. The second-order valence-corrected chi connectivity index (χ2v) is 3.75. The molecule has 0 amide bonds. The zero-order valence-corrected chi connectivity index (χ0v) is 11.7. The van der Waals surface area contributed by atoms with E-state index in [0.29, 0.717) is 47.1 Å². The molecule has 0 unspecified atom stereocenters. The average Bonchev–Trinajstić information content (AvgIpc) is 1.46. The summed E-state index contributed by atoms with van der Waals surface area (Å²) in [5.74, 6) is 0. The molecular weight excluding hydrogens is 267 g/mol. The van der Waals surface area contributed by atoms with Crippen LogP contribution in [-0.2, 0) is 0 Å². The molecule has 0 aliphatic rings. The van der Waals surface area contributed by atoms with Gasteiger partial charge in [0, 0.05) is 0 Å². The van der Waals surface area contributed by atoms with Crippen molar-refractivity contribution < 1.29 is 0 Å². The third-order valence-electron chi connectivity index (χ3n) is 0. The van der Waals surface area contributed by atoms with E-state index >= 15 is 0 Å². The molecule has 0 saturated carbocycles. The Hall–Kier alpha value is 6.06. The van der Waals surface area contributed by atoms with Gasteiger partial charge in [0.1, 0.15) is 0 Å². The van der Waals surface area contributed by atoms with Crippen LogP contribution < -0.4 is 0 Å². The first-order chi connectivity index (χ1) is 2.41. The number of hydrogen-bond acceptors (Lipinski definition) is 0. The molecule has 0 heterocycles. The summed E-state index contributed by atoms with van der Waals surface area (Å²) < 4.78 is 4.83. The van der Waals surface area contributed by atoms with E-state index in [1.54, 1.807) is 0 Å². The van der Waals surface area contributed by atoms with Crippen LogP contribution in [0.4, 0.5) is 0 Å². The van der Waals surface area contributed by atoms with Crippen LogP contribution in [0.3, 0.4) is 0 Å². The molecule has 0 atom stereocenters. The maximum absolute atomic E-state index is 4.95. The first kappa shape index (κ1) is 29.2. The summed E-state index contributed by atoms with van der Waals surface area (Å²) in [5, 5.41) is 0. The van der Waals surface area contributed by atoms with Crippen LogP contribution in [0.5, 0.6) is 0 Å². The molecule has 0 nitrogen and oxygen atoms in total. The second kappa shape index (κ2) is 38.1. The molecule has 0 rings (SSSR count). The van der Waals surface area contributed by atoms with Crippen LogP contribution in [0.2, 0.25) is 0 Å². The normalized spacial score (nSPS) is 2.12. The molecule has 0 spiro atoms. The molecule has 8 heteroatoms. The predicted molar refractivity (Wildman–Crippen MR) is 50.6 cm³/mol. The first-order valence-electron chi connectivity index (χ1n) is 0.912. The minimum atomic E-state index is -0.931. The molecule has 0 aliphatic heterocycles. The fraction of sp³-hybridized carbons (Fsp3) is 0. The quantitative estimate of drug-likeness (QED) is 0.560. The molecule has 0 aliphatic carbocycles. The van der Waals surface area contributed by atoms with Crippen molar-refractivity contribution in [1.82, 2.24) is 0 Å². The Labute approximate surface area is 160 Å². The Bertz CT molecular complexity index is 14.0. The van der Waals surface area contributed by atoms with Gasteiger partial charge in [0.2, 0.25) is 0 Å². The van der Waals surface area contributed by atoms with Gasteiger partial charge in [-0.15, -0.1) is 12.4 Å². The third-order valence-corrected chi connectivity index (χ3v) is 0. The average molecular weight is 270 g/mol. The van der Waals surface area contributed by atoms with E-state index in [1.165, 1.54) is 0 Å². The van der Waals surface area contributed by atoms with E-state index in [-0.39, 0.29) is 71.5 Å². The first-order valence-corrected chi connectivity index (χ1v) is 11.3. The van der Waals surface area contributed by atoms with Crippen LogP contribution >= 0.6 is 28.9 Å². The van der Waals surface area contributed by atoms with Crippen molar-refractivity contribution in [2.75, 3.05) is 0 Å². The van der Waals surface area contributed by atoms with Gasteiger partial charge < -0.3 is 0 Å². The van der Waals surface area contributed by atoms with E-state index in [2.05, 4.69) is 0 Å². The standard InChI is InChI=1S/Ca.4ClH.K.2Na.2H/h;4*1H;;;;;/q+2;;;;;+1;;;;/p-3. The van der Waals surface area contributed by atoms with Gasteiger partial charge in [-0.25, -0.2) is 0 Å². The third kappa shape index (κ3) is 40.2. The Kier molecular flexibility index (Phi) is 139. The Morgan fingerprint density at radius 3 is 1.00 bits per heavy atom. The van der Waals surface area contributed by atoms with Gasteiger partial charge in [-0.3, -0.25) is 0 Å². The zero-order valence-electron chi connectivity index (χ0n) is 3.25.